The molecule has 106 heavy (non-hydrogen) atoms. The van der Waals surface area contributed by atoms with Crippen LogP contribution in [0.25, 0.3) is 187 Å². The van der Waals surface area contributed by atoms with Gasteiger partial charge in [-0.05, 0) is 227 Å². The zero-order valence-electron chi connectivity index (χ0n) is 59.8. The predicted octanol–water partition coefficient (Wildman–Crippen LogP) is 29.4. The molecule has 0 aromatic heterocycles. The maximum absolute atomic E-state index is 2.43. The molecule has 498 valence electrons. The van der Waals surface area contributed by atoms with E-state index in [0.717, 1.165) is 0 Å². The van der Waals surface area contributed by atoms with Gasteiger partial charge in [0.25, 0.3) is 0 Å². The van der Waals surface area contributed by atoms with Gasteiger partial charge >= 0.3 is 0 Å². The maximum atomic E-state index is 2.43. The summed E-state index contributed by atoms with van der Waals surface area (Å²) in [4.78, 5) is 0. The Morgan fingerprint density at radius 3 is 0.792 bits per heavy atom. The van der Waals surface area contributed by atoms with Gasteiger partial charge < -0.3 is 0 Å². The average Bonchev–Trinajstić information content (AvgIpc) is 1.47. The molecule has 0 heteroatoms. The van der Waals surface area contributed by atoms with Crippen molar-refractivity contribution in [3.63, 3.8) is 0 Å². The van der Waals surface area contributed by atoms with Gasteiger partial charge in [-0.25, -0.2) is 0 Å². The van der Waals surface area contributed by atoms with Gasteiger partial charge in [-0.1, -0.05) is 386 Å². The summed E-state index contributed by atoms with van der Waals surface area (Å²) in [6.45, 7) is 9.63. The lowest BCUT2D eigenvalue weighted by molar-refractivity contribution is 0.668. The first-order valence-electron chi connectivity index (χ1n) is 37.3. The highest BCUT2D eigenvalue weighted by Gasteiger charge is 2.41. The van der Waals surface area contributed by atoms with Gasteiger partial charge in [-0.2, -0.15) is 0 Å². The lowest BCUT2D eigenvalue weighted by atomic mass is 9.77. The summed E-state index contributed by atoms with van der Waals surface area (Å²) in [5.41, 5.74) is 30.9. The normalized spacial score (nSPS) is 13.1. The quantitative estimate of drug-likeness (QED) is 0.133. The van der Waals surface area contributed by atoms with E-state index in [1.807, 2.05) is 0 Å². The molecule has 0 fully saturated rings. The Labute approximate surface area is 619 Å². The summed E-state index contributed by atoms with van der Waals surface area (Å²) < 4.78 is 0. The van der Waals surface area contributed by atoms with Crippen molar-refractivity contribution in [2.24, 2.45) is 0 Å². The number of fused-ring (bicyclic) bond motifs is 15. The number of hydrogen-bond acceptors (Lipinski definition) is 0. The first-order valence-corrected chi connectivity index (χ1v) is 37.3. The van der Waals surface area contributed by atoms with Gasteiger partial charge in [0, 0.05) is 10.8 Å². The number of rotatable bonds is 8. The fourth-order valence-corrected chi connectivity index (χ4v) is 18.9. The largest absolute Gasteiger partial charge is 0.0622 e. The highest BCUT2D eigenvalue weighted by Crippen LogP contribution is 2.57. The van der Waals surface area contributed by atoms with E-state index in [9.17, 15) is 0 Å². The molecule has 19 aromatic rings. The van der Waals surface area contributed by atoms with Crippen LogP contribution in [0.15, 0.2) is 376 Å². The Kier molecular flexibility index (Phi) is 14.7. The molecule has 0 spiro atoms. The molecule has 21 rings (SSSR count). The first kappa shape index (κ1) is 62.8. The Balaban J connectivity index is 0.000000141. The van der Waals surface area contributed by atoms with Gasteiger partial charge in [-0.3, -0.25) is 0 Å². The van der Waals surface area contributed by atoms with Crippen molar-refractivity contribution in [2.75, 3.05) is 0 Å². The van der Waals surface area contributed by atoms with E-state index in [4.69, 9.17) is 0 Å². The molecule has 0 saturated carbocycles. The molecule has 0 bridgehead atoms. The summed E-state index contributed by atoms with van der Waals surface area (Å²) in [5, 5.41) is 18.0. The SMILES string of the molecule is CC1(C)c2c(-c3cccc(-c4c5ccccc5c(-c5ccc(-c6ccccc6)cc5)c5ccccc45)c3)cccc2-c2ccc3ccccc3c21.CC1(C)c2c(-c3cccc(-c4c5ccccc5c(-c5cccc(-c6cccc7ccccc67)c5)c5ccccc45)c3)cccc2-c2ccc3ccccc3c21. The van der Waals surface area contributed by atoms with E-state index in [2.05, 4.69) is 404 Å². The van der Waals surface area contributed by atoms with Gasteiger partial charge in [0.05, 0.1) is 0 Å². The minimum atomic E-state index is -0.153. The third-order valence-electron chi connectivity index (χ3n) is 23.4. The van der Waals surface area contributed by atoms with Crippen LogP contribution in [-0.2, 0) is 10.8 Å². The van der Waals surface area contributed by atoms with E-state index >= 15 is 0 Å². The minimum Gasteiger partial charge on any atom is -0.0622 e. The van der Waals surface area contributed by atoms with Crippen molar-refractivity contribution in [1.82, 2.24) is 0 Å². The molecule has 0 heterocycles. The van der Waals surface area contributed by atoms with Crippen LogP contribution < -0.4 is 0 Å². The van der Waals surface area contributed by atoms with Gasteiger partial charge in [0.15, 0.2) is 0 Å². The van der Waals surface area contributed by atoms with E-state index in [0.29, 0.717) is 0 Å². The van der Waals surface area contributed by atoms with Crippen LogP contribution in [-0.4, -0.2) is 0 Å². The van der Waals surface area contributed by atoms with Crippen molar-refractivity contribution < 1.29 is 0 Å². The van der Waals surface area contributed by atoms with E-state index < -0.39 is 0 Å². The van der Waals surface area contributed by atoms with Crippen molar-refractivity contribution in [2.45, 2.75) is 38.5 Å². The molecule has 19 aromatic carbocycles. The van der Waals surface area contributed by atoms with Crippen molar-refractivity contribution in [3.8, 4) is 111 Å². The molecule has 0 amide bonds. The summed E-state index contributed by atoms with van der Waals surface area (Å²) >= 11 is 0. The van der Waals surface area contributed by atoms with Gasteiger partial charge in [0.1, 0.15) is 0 Å². The predicted molar refractivity (Wildman–Crippen MR) is 454 cm³/mol. The lowest BCUT2D eigenvalue weighted by Gasteiger charge is -2.26. The Hall–Kier alpha value is -13.0. The van der Waals surface area contributed by atoms with Crippen molar-refractivity contribution >= 4 is 75.4 Å². The van der Waals surface area contributed by atoms with Crippen LogP contribution in [0.1, 0.15) is 49.9 Å². The molecule has 0 N–H and O–H groups in total. The van der Waals surface area contributed by atoms with Crippen LogP contribution in [0.3, 0.4) is 0 Å². The molecule has 2 aliphatic rings. The highest BCUT2D eigenvalue weighted by molar-refractivity contribution is 6.23. The molecule has 0 aliphatic heterocycles. The summed E-state index contributed by atoms with van der Waals surface area (Å²) in [5.74, 6) is 0. The Bertz CT molecular complexity index is 6680. The average molecular weight is 1350 g/mol. The molecule has 2 aliphatic carbocycles. The Morgan fingerprint density at radius 2 is 0.387 bits per heavy atom. The smallest absolute Gasteiger partial charge is 0.0171 e. The van der Waals surface area contributed by atoms with Crippen LogP contribution in [0.4, 0.5) is 0 Å². The van der Waals surface area contributed by atoms with Crippen LogP contribution in [0.2, 0.25) is 0 Å². The molecule has 0 saturated heterocycles. The first-order chi connectivity index (χ1) is 52.1. The summed E-state index contributed by atoms with van der Waals surface area (Å²) in [6.07, 6.45) is 0. The van der Waals surface area contributed by atoms with Crippen LogP contribution in [0.5, 0.6) is 0 Å². The van der Waals surface area contributed by atoms with Crippen molar-refractivity contribution in [3.05, 3.63) is 398 Å². The lowest BCUT2D eigenvalue weighted by Crippen LogP contribution is -2.16. The summed E-state index contributed by atoms with van der Waals surface area (Å²) in [6, 6.07) is 139. The van der Waals surface area contributed by atoms with Crippen LogP contribution >= 0.6 is 0 Å². The highest BCUT2D eigenvalue weighted by atomic mass is 14.4. The molecular weight excluding hydrogens is 1270 g/mol. The maximum Gasteiger partial charge on any atom is 0.0171 e. The molecule has 0 unspecified atom stereocenters. The second-order valence-corrected chi connectivity index (χ2v) is 30.0. The molecule has 0 radical (unpaired) electrons. The van der Waals surface area contributed by atoms with E-state index in [1.165, 1.54) is 209 Å². The second kappa shape index (κ2) is 24.9. The standard InChI is InChI=1S/C55H38.C51H36/c1-55(2)53-43-23-6-4-16-36(43)31-32-50(53)49-30-14-29-44(54(49)55)38-19-12-21-40(34-38)52-47-26-9-7-24-45(47)51(46-25-8-10-27-48(46)52)39-20-11-18-37(33-39)42-28-13-17-35-15-3-5-22-41(35)42;1-51(2)49-39-19-7-6-16-35(39)30-31-46(49)45-25-13-24-40(50(45)51)37-17-12-18-38(32-37)48-43-22-10-8-20-41(43)47(42-21-9-11-23-44(42)48)36-28-26-34(27-29-36)33-14-4-3-5-15-33/h3-34H,1-2H3;3-32H,1-2H3. The summed E-state index contributed by atoms with van der Waals surface area (Å²) in [7, 11) is 0. The second-order valence-electron chi connectivity index (χ2n) is 30.0. The van der Waals surface area contributed by atoms with E-state index in [1.54, 1.807) is 0 Å². The fraction of sp³-hybridized carbons (Fsp3) is 0.0566. The number of benzene rings is 19. The molecule has 0 atom stereocenters. The Morgan fingerprint density at radius 1 is 0.142 bits per heavy atom. The van der Waals surface area contributed by atoms with Gasteiger partial charge in [-0.15, -0.1) is 0 Å². The van der Waals surface area contributed by atoms with Gasteiger partial charge in [0.2, 0.25) is 0 Å². The zero-order chi connectivity index (χ0) is 70.8. The fourth-order valence-electron chi connectivity index (χ4n) is 18.9. The van der Waals surface area contributed by atoms with Crippen molar-refractivity contribution in [1.29, 1.82) is 0 Å². The van der Waals surface area contributed by atoms with Crippen LogP contribution in [0, 0.1) is 0 Å². The monoisotopic (exact) mass is 1350 g/mol. The minimum absolute atomic E-state index is 0.144. The number of hydrogen-bond donors (Lipinski definition) is 0. The van der Waals surface area contributed by atoms with E-state index in [-0.39, 0.29) is 10.8 Å². The third kappa shape index (κ3) is 9.96. The molecule has 0 nitrogen and oxygen atoms in total. The third-order valence-corrected chi connectivity index (χ3v) is 23.4. The molecular formula is C106H74. The zero-order valence-corrected chi connectivity index (χ0v) is 59.8. The topological polar surface area (TPSA) is 0 Å².